The molecule has 1 aliphatic heterocycles. The van der Waals surface area contributed by atoms with E-state index in [0.717, 1.165) is 0 Å². The molecule has 0 saturated carbocycles. The molecule has 10 heteroatoms. The van der Waals surface area contributed by atoms with E-state index >= 15 is 0 Å². The predicted molar refractivity (Wildman–Crippen MR) is 87.3 cm³/mol. The number of hydrogen-bond acceptors (Lipinski definition) is 6. The first-order valence-electron chi connectivity index (χ1n) is 8.03. The number of hydrogen-bond donors (Lipinski definition) is 2. The molecule has 0 bridgehead atoms. The Kier molecular flexibility index (Phi) is 5.52. The number of sulfonamides is 1. The molecule has 2 rings (SSSR count). The van der Waals surface area contributed by atoms with Gasteiger partial charge in [0.2, 0.25) is 15.9 Å². The largest absolute Gasteiger partial charge is 0.480 e. The van der Waals surface area contributed by atoms with E-state index < -0.39 is 34.0 Å². The van der Waals surface area contributed by atoms with Crippen molar-refractivity contribution in [3.63, 3.8) is 0 Å². The highest BCUT2D eigenvalue weighted by molar-refractivity contribution is 7.89. The normalized spacial score (nSPS) is 22.6. The van der Waals surface area contributed by atoms with E-state index in [4.69, 9.17) is 4.52 Å². The average molecular weight is 373 g/mol. The first-order chi connectivity index (χ1) is 11.5. The van der Waals surface area contributed by atoms with E-state index in [-0.39, 0.29) is 28.8 Å². The molecule has 25 heavy (non-hydrogen) atoms. The minimum absolute atomic E-state index is 0.103. The molecule has 3 atom stereocenters. The second-order valence-corrected chi connectivity index (χ2v) is 8.16. The van der Waals surface area contributed by atoms with Gasteiger partial charge in [-0.1, -0.05) is 12.1 Å². The average Bonchev–Trinajstić information content (AvgIpc) is 2.85. The van der Waals surface area contributed by atoms with Crippen LogP contribution in [0.2, 0.25) is 0 Å². The number of carboxylic acids is 1. The summed E-state index contributed by atoms with van der Waals surface area (Å²) in [7, 11) is -4.01. The Morgan fingerprint density at radius 1 is 1.40 bits per heavy atom. The van der Waals surface area contributed by atoms with E-state index in [1.54, 1.807) is 0 Å². The lowest BCUT2D eigenvalue weighted by Gasteiger charge is -2.37. The van der Waals surface area contributed by atoms with Gasteiger partial charge in [-0.25, -0.2) is 13.2 Å². The summed E-state index contributed by atoms with van der Waals surface area (Å²) >= 11 is 0. The van der Waals surface area contributed by atoms with Gasteiger partial charge >= 0.3 is 5.97 Å². The smallest absolute Gasteiger partial charge is 0.326 e. The molecular weight excluding hydrogens is 350 g/mol. The number of nitrogens with zero attached hydrogens (tertiary/aromatic N) is 2. The van der Waals surface area contributed by atoms with Crippen molar-refractivity contribution >= 4 is 21.9 Å². The van der Waals surface area contributed by atoms with Gasteiger partial charge in [-0.05, 0) is 39.5 Å². The van der Waals surface area contributed by atoms with E-state index in [1.165, 1.54) is 25.7 Å². The monoisotopic (exact) mass is 373 g/mol. The lowest BCUT2D eigenvalue weighted by atomic mass is 9.92. The van der Waals surface area contributed by atoms with Gasteiger partial charge in [0.25, 0.3) is 0 Å². The van der Waals surface area contributed by atoms with Crippen molar-refractivity contribution in [2.75, 3.05) is 6.54 Å². The summed E-state index contributed by atoms with van der Waals surface area (Å²) in [6, 6.07) is -2.05. The Balaban J connectivity index is 2.18. The number of carbonyl (C=O) groups excluding carboxylic acids is 1. The number of piperidine rings is 1. The van der Waals surface area contributed by atoms with Crippen LogP contribution in [0.3, 0.4) is 0 Å². The molecule has 0 radical (unpaired) electrons. The second-order valence-electron chi connectivity index (χ2n) is 6.51. The third-order valence-electron chi connectivity index (χ3n) is 4.37. The van der Waals surface area contributed by atoms with Crippen LogP contribution in [0.4, 0.5) is 0 Å². The molecule has 1 amide bonds. The Bertz CT molecular complexity index is 753. The number of rotatable bonds is 5. The highest BCUT2D eigenvalue weighted by Gasteiger charge is 2.38. The summed E-state index contributed by atoms with van der Waals surface area (Å²) in [6.07, 6.45) is 1.03. The molecular formula is C15H23N3O6S. The molecule has 1 aromatic rings. The highest BCUT2D eigenvalue weighted by Crippen LogP contribution is 2.24. The van der Waals surface area contributed by atoms with Crippen LogP contribution < -0.4 is 4.72 Å². The van der Waals surface area contributed by atoms with Gasteiger partial charge < -0.3 is 14.5 Å². The molecule has 1 saturated heterocycles. The third kappa shape index (κ3) is 4.01. The van der Waals surface area contributed by atoms with Crippen molar-refractivity contribution in [1.29, 1.82) is 0 Å². The molecule has 3 unspecified atom stereocenters. The molecule has 1 fully saturated rings. The fourth-order valence-electron chi connectivity index (χ4n) is 3.09. The first kappa shape index (κ1) is 19.4. The van der Waals surface area contributed by atoms with Gasteiger partial charge in [-0.2, -0.15) is 4.72 Å². The first-order valence-corrected chi connectivity index (χ1v) is 9.51. The van der Waals surface area contributed by atoms with Gasteiger partial charge in [0.1, 0.15) is 16.6 Å². The van der Waals surface area contributed by atoms with Crippen LogP contribution in [0.15, 0.2) is 9.42 Å². The summed E-state index contributed by atoms with van der Waals surface area (Å²) in [4.78, 5) is 25.2. The lowest BCUT2D eigenvalue weighted by Crippen LogP contribution is -2.55. The SMILES string of the molecule is Cc1noc(C)c1S(=O)(=O)NC(C)C(=O)N1CCC(C)CC1C(=O)O. The molecule has 140 valence electrons. The van der Waals surface area contributed by atoms with Crippen molar-refractivity contribution in [3.8, 4) is 0 Å². The number of aryl methyl sites for hydroxylation is 2. The zero-order valence-electron chi connectivity index (χ0n) is 14.6. The predicted octanol–water partition coefficient (Wildman–Crippen LogP) is 0.670. The topological polar surface area (TPSA) is 130 Å². The molecule has 2 heterocycles. The Hall–Kier alpha value is -1.94. The highest BCUT2D eigenvalue weighted by atomic mass is 32.2. The summed E-state index contributed by atoms with van der Waals surface area (Å²) in [5.41, 5.74) is 0.194. The van der Waals surface area contributed by atoms with E-state index in [9.17, 15) is 23.1 Å². The Morgan fingerprint density at radius 3 is 2.56 bits per heavy atom. The van der Waals surface area contributed by atoms with Gasteiger partial charge in [0, 0.05) is 6.54 Å². The van der Waals surface area contributed by atoms with E-state index in [1.807, 2.05) is 6.92 Å². The number of carbonyl (C=O) groups is 2. The molecule has 0 aromatic carbocycles. The van der Waals surface area contributed by atoms with Gasteiger partial charge in [-0.3, -0.25) is 4.79 Å². The summed E-state index contributed by atoms with van der Waals surface area (Å²) < 4.78 is 32.2. The van der Waals surface area contributed by atoms with E-state index in [0.29, 0.717) is 12.8 Å². The van der Waals surface area contributed by atoms with Crippen LogP contribution in [0.25, 0.3) is 0 Å². The maximum Gasteiger partial charge on any atom is 0.326 e. The second kappa shape index (κ2) is 7.12. The summed E-state index contributed by atoms with van der Waals surface area (Å²) in [5, 5.41) is 13.0. The molecule has 1 aromatic heterocycles. The number of nitrogens with one attached hydrogen (secondary N) is 1. The number of amides is 1. The number of carboxylic acid groups (broad SMARTS) is 1. The zero-order valence-corrected chi connectivity index (χ0v) is 15.5. The van der Waals surface area contributed by atoms with Crippen LogP contribution in [0.1, 0.15) is 38.1 Å². The third-order valence-corrected chi connectivity index (χ3v) is 6.16. The minimum atomic E-state index is -4.01. The fraction of sp³-hybridized carbons (Fsp3) is 0.667. The number of aliphatic carboxylic acids is 1. The molecule has 2 N–H and O–H groups in total. The van der Waals surface area contributed by atoms with Gasteiger partial charge in [0.05, 0.1) is 6.04 Å². The number of likely N-dealkylation sites (tertiary alicyclic amines) is 1. The quantitative estimate of drug-likeness (QED) is 0.776. The van der Waals surface area contributed by atoms with E-state index in [2.05, 4.69) is 9.88 Å². The minimum Gasteiger partial charge on any atom is -0.480 e. The van der Waals surface area contributed by atoms with Crippen LogP contribution in [-0.2, 0) is 19.6 Å². The molecule has 0 aliphatic carbocycles. The van der Waals surface area contributed by atoms with Crippen molar-refractivity contribution in [2.24, 2.45) is 5.92 Å². The van der Waals surface area contributed by atoms with Crippen molar-refractivity contribution < 1.29 is 27.6 Å². The van der Waals surface area contributed by atoms with Crippen LogP contribution in [-0.4, -0.2) is 54.1 Å². The van der Waals surface area contributed by atoms with Crippen LogP contribution >= 0.6 is 0 Å². The molecule has 9 nitrogen and oxygen atoms in total. The van der Waals surface area contributed by atoms with Crippen molar-refractivity contribution in [2.45, 2.75) is 57.5 Å². The van der Waals surface area contributed by atoms with Crippen LogP contribution in [0, 0.1) is 19.8 Å². The van der Waals surface area contributed by atoms with Gasteiger partial charge in [0.15, 0.2) is 5.76 Å². The lowest BCUT2D eigenvalue weighted by molar-refractivity contribution is -0.153. The van der Waals surface area contributed by atoms with Crippen molar-refractivity contribution in [3.05, 3.63) is 11.5 Å². The summed E-state index contributed by atoms with van der Waals surface area (Å²) in [5.74, 6) is -1.32. The van der Waals surface area contributed by atoms with Gasteiger partial charge in [-0.15, -0.1) is 0 Å². The molecule has 0 spiro atoms. The molecule has 1 aliphatic rings. The van der Waals surface area contributed by atoms with Crippen LogP contribution in [0.5, 0.6) is 0 Å². The zero-order chi connectivity index (χ0) is 18.9. The van der Waals surface area contributed by atoms with Crippen molar-refractivity contribution in [1.82, 2.24) is 14.8 Å². The summed E-state index contributed by atoms with van der Waals surface area (Å²) in [6.45, 7) is 6.57. The maximum atomic E-state index is 12.6. The fourth-order valence-corrected chi connectivity index (χ4v) is 4.61. The Morgan fingerprint density at radius 2 is 2.04 bits per heavy atom. The maximum absolute atomic E-state index is 12.6. The number of aromatic nitrogens is 1. The standard InChI is InChI=1S/C15H23N3O6S/c1-8-5-6-18(12(7-8)15(20)21)14(19)10(3)17-25(22,23)13-9(2)16-24-11(13)4/h8,10,12,17H,5-7H2,1-4H3,(H,20,21). The Labute approximate surface area is 146 Å².